The Balaban J connectivity index is 0. The van der Waals surface area contributed by atoms with Crippen molar-refractivity contribution >= 4 is 49.0 Å². The van der Waals surface area contributed by atoms with Crippen LogP contribution in [0.1, 0.15) is 6.92 Å². The molecule has 3 nitrogen and oxygen atoms in total. The molecule has 0 aromatic rings. The monoisotopic (exact) mass is 356 g/mol. The number of carbonyl (C=O) groups is 2. The fourth-order valence-corrected chi connectivity index (χ4v) is 0.144. The minimum atomic E-state index is -0.792. The minimum absolute atomic E-state index is 0.567. The molecule has 0 radical (unpaired) electrons. The molecular formula is C4H6I2O3. The second-order valence-corrected chi connectivity index (χ2v) is 1.05. The van der Waals surface area contributed by atoms with Crippen LogP contribution in [-0.4, -0.2) is 18.9 Å². The van der Waals surface area contributed by atoms with E-state index in [0.717, 1.165) is 6.92 Å². The number of esters is 1. The second-order valence-electron chi connectivity index (χ2n) is 1.05. The lowest BCUT2D eigenvalue weighted by Gasteiger charge is -1.86. The van der Waals surface area contributed by atoms with Crippen molar-refractivity contribution in [1.82, 2.24) is 0 Å². The maximum absolute atomic E-state index is 9.94. The van der Waals surface area contributed by atoms with E-state index in [2.05, 4.69) is 42.0 Å². The Kier molecular flexibility index (Phi) is 11.7. The van der Waals surface area contributed by atoms with E-state index >= 15 is 0 Å². The normalized spacial score (nSPS) is 6.67. The topological polar surface area (TPSA) is 43.4 Å². The molecule has 0 aliphatic rings. The molecule has 0 heterocycles. The number of ether oxygens (including phenoxy) is 1. The van der Waals surface area contributed by atoms with Gasteiger partial charge in [-0.1, -0.05) is 0 Å². The third-order valence-electron chi connectivity index (χ3n) is 0.473. The van der Waals surface area contributed by atoms with E-state index in [4.69, 9.17) is 0 Å². The number of ketones is 1. The van der Waals surface area contributed by atoms with Crippen LogP contribution in [0.25, 0.3) is 0 Å². The molecule has 0 atom stereocenters. The highest BCUT2D eigenvalue weighted by atomic mass is 128. The summed E-state index contributed by atoms with van der Waals surface area (Å²) in [7, 11) is 1.17. The van der Waals surface area contributed by atoms with Crippen molar-refractivity contribution < 1.29 is 14.3 Å². The van der Waals surface area contributed by atoms with Crippen LogP contribution in [0.15, 0.2) is 0 Å². The Morgan fingerprint density at radius 3 is 1.67 bits per heavy atom. The maximum atomic E-state index is 9.94. The van der Waals surface area contributed by atoms with Crippen LogP contribution in [0.5, 0.6) is 0 Å². The van der Waals surface area contributed by atoms with Crippen molar-refractivity contribution in [3.8, 4) is 0 Å². The zero-order valence-electron chi connectivity index (χ0n) is 4.98. The molecule has 0 saturated heterocycles. The third kappa shape index (κ3) is 8.60. The van der Waals surface area contributed by atoms with Gasteiger partial charge in [0.25, 0.3) is 0 Å². The Morgan fingerprint density at radius 2 is 1.67 bits per heavy atom. The average Bonchev–Trinajstić information content (AvgIpc) is 1.91. The largest absolute Gasteiger partial charge is 0.463 e. The van der Waals surface area contributed by atoms with Gasteiger partial charge in [-0.05, 0) is 0 Å². The van der Waals surface area contributed by atoms with Crippen LogP contribution in [0.2, 0.25) is 0 Å². The van der Waals surface area contributed by atoms with Gasteiger partial charge in [-0.2, -0.15) is 0 Å². The number of halogens is 2. The van der Waals surface area contributed by atoms with Crippen molar-refractivity contribution in [3.05, 3.63) is 0 Å². The average molecular weight is 356 g/mol. The smallest absolute Gasteiger partial charge is 0.374 e. The molecule has 0 rings (SSSR count). The molecule has 0 aliphatic heterocycles. The van der Waals surface area contributed by atoms with Crippen molar-refractivity contribution in [1.29, 1.82) is 0 Å². The molecular weight excluding hydrogens is 350 g/mol. The van der Waals surface area contributed by atoms with E-state index in [-0.39, 0.29) is 0 Å². The van der Waals surface area contributed by atoms with E-state index in [1.807, 2.05) is 0 Å². The van der Waals surface area contributed by atoms with Gasteiger partial charge in [0.2, 0.25) is 5.78 Å². The van der Waals surface area contributed by atoms with Gasteiger partial charge in [-0.25, -0.2) is 4.79 Å². The van der Waals surface area contributed by atoms with Crippen LogP contribution in [0, 0.1) is 0 Å². The highest BCUT2D eigenvalue weighted by molar-refractivity contribution is 15.0. The molecule has 0 unspecified atom stereocenters. The summed E-state index contributed by atoms with van der Waals surface area (Å²) in [6, 6.07) is 0. The highest BCUT2D eigenvalue weighted by Crippen LogP contribution is 1.89. The fraction of sp³-hybridized carbons (Fsp3) is 0.500. The van der Waals surface area contributed by atoms with Gasteiger partial charge < -0.3 is 4.74 Å². The summed E-state index contributed by atoms with van der Waals surface area (Å²) in [6.07, 6.45) is 0. The first kappa shape index (κ1) is 12.3. The molecule has 0 aromatic carbocycles. The first-order valence-electron chi connectivity index (χ1n) is 1.91. The predicted octanol–water partition coefficient (Wildman–Crippen LogP) is 1.52. The third-order valence-corrected chi connectivity index (χ3v) is 0.473. The molecule has 0 aliphatic carbocycles. The number of rotatable bonds is 1. The Morgan fingerprint density at radius 1 is 1.33 bits per heavy atom. The summed E-state index contributed by atoms with van der Waals surface area (Å²) in [6.45, 7) is 1.16. The van der Waals surface area contributed by atoms with Crippen molar-refractivity contribution in [2.45, 2.75) is 6.92 Å². The number of Topliss-reactive ketones (excluding diaryl/α,β-unsaturated/α-hetero) is 1. The number of methoxy groups -OCH3 is 1. The van der Waals surface area contributed by atoms with Crippen LogP contribution in [0.4, 0.5) is 0 Å². The first-order valence-corrected chi connectivity index (χ1v) is 8.20. The summed E-state index contributed by atoms with van der Waals surface area (Å²) < 4.78 is 4.02. The van der Waals surface area contributed by atoms with E-state index < -0.39 is 11.8 Å². The van der Waals surface area contributed by atoms with Gasteiger partial charge in [0.05, 0.1) is 7.11 Å². The summed E-state index contributed by atoms with van der Waals surface area (Å²) >= 11 is 4.24. The van der Waals surface area contributed by atoms with Gasteiger partial charge in [-0.3, -0.25) is 4.79 Å². The van der Waals surface area contributed by atoms with E-state index in [9.17, 15) is 9.59 Å². The van der Waals surface area contributed by atoms with Crippen LogP contribution >= 0.6 is 37.2 Å². The van der Waals surface area contributed by atoms with Crippen LogP contribution in [0.3, 0.4) is 0 Å². The molecule has 54 valence electrons. The molecule has 0 saturated carbocycles. The summed E-state index contributed by atoms with van der Waals surface area (Å²) in [5.41, 5.74) is 0. The molecule has 0 spiro atoms. The van der Waals surface area contributed by atoms with Crippen molar-refractivity contribution in [3.63, 3.8) is 0 Å². The molecule has 0 bridgehead atoms. The molecule has 0 aromatic heterocycles. The lowest BCUT2D eigenvalue weighted by atomic mass is 10.5. The molecule has 0 fully saturated rings. The van der Waals surface area contributed by atoms with Crippen molar-refractivity contribution in [2.75, 3.05) is 7.11 Å². The fourth-order valence-electron chi connectivity index (χ4n) is 0.144. The summed E-state index contributed by atoms with van der Waals surface area (Å²) in [4.78, 5) is 19.8. The first-order chi connectivity index (χ1) is 4.18. The van der Waals surface area contributed by atoms with Gasteiger partial charge >= 0.3 is 5.97 Å². The highest BCUT2D eigenvalue weighted by Gasteiger charge is 2.03. The summed E-state index contributed by atoms with van der Waals surface area (Å²) in [5, 5.41) is 0. The quantitative estimate of drug-likeness (QED) is 0.407. The number of hydrogen-bond donors (Lipinski definition) is 0. The number of hydrogen-bond acceptors (Lipinski definition) is 3. The minimum Gasteiger partial charge on any atom is -0.463 e. The Hall–Kier alpha value is 0.600. The standard InChI is InChI=1S/C4H6O3.I2/c1-3(5)4(6)7-2;1-2/h1-2H3;. The molecule has 9 heavy (non-hydrogen) atoms. The molecule has 5 heteroatoms. The van der Waals surface area contributed by atoms with E-state index in [1.165, 1.54) is 7.11 Å². The summed E-state index contributed by atoms with van der Waals surface area (Å²) in [5.74, 6) is -1.36. The van der Waals surface area contributed by atoms with Gasteiger partial charge in [0, 0.05) is 44.2 Å². The van der Waals surface area contributed by atoms with Gasteiger partial charge in [-0.15, -0.1) is 0 Å². The van der Waals surface area contributed by atoms with Gasteiger partial charge in [0.15, 0.2) is 0 Å². The Labute approximate surface area is 76.8 Å². The second kappa shape index (κ2) is 8.60. The van der Waals surface area contributed by atoms with E-state index in [0.29, 0.717) is 0 Å². The van der Waals surface area contributed by atoms with E-state index in [1.54, 1.807) is 0 Å². The van der Waals surface area contributed by atoms with Gasteiger partial charge in [0.1, 0.15) is 0 Å². The zero-order valence-corrected chi connectivity index (χ0v) is 9.30. The predicted molar refractivity (Wildman–Crippen MR) is 50.7 cm³/mol. The van der Waals surface area contributed by atoms with Crippen LogP contribution < -0.4 is 0 Å². The molecule has 0 amide bonds. The van der Waals surface area contributed by atoms with Crippen LogP contribution in [-0.2, 0) is 14.3 Å². The molecule has 0 N–H and O–H groups in total. The lowest BCUT2D eigenvalue weighted by molar-refractivity contribution is -0.150. The number of carbonyl (C=O) groups excluding carboxylic acids is 2. The lowest BCUT2D eigenvalue weighted by Crippen LogP contribution is -2.10. The maximum Gasteiger partial charge on any atom is 0.374 e. The SMILES string of the molecule is COC(=O)C(C)=O.II. The Bertz CT molecular complexity index is 102. The zero-order chi connectivity index (χ0) is 7.86. The van der Waals surface area contributed by atoms with Crippen molar-refractivity contribution in [2.24, 2.45) is 0 Å².